The van der Waals surface area contributed by atoms with E-state index >= 15 is 0 Å². The highest BCUT2D eigenvalue weighted by molar-refractivity contribution is 7.89. The molecule has 1 heterocycles. The highest BCUT2D eigenvalue weighted by Gasteiger charge is 2.31. The molecule has 0 radical (unpaired) electrons. The molecule has 0 spiro atoms. The van der Waals surface area contributed by atoms with E-state index in [1.165, 1.54) is 37.4 Å². The number of sulfonamides is 1. The summed E-state index contributed by atoms with van der Waals surface area (Å²) in [4.78, 5) is 17.2. The molecular weight excluding hydrogens is 505 g/mol. The topological polar surface area (TPSA) is 78.9 Å². The Morgan fingerprint density at radius 3 is 2.31 bits per heavy atom. The minimum Gasteiger partial charge on any atom is -0.495 e. The van der Waals surface area contributed by atoms with Gasteiger partial charge in [0.15, 0.2) is 0 Å². The van der Waals surface area contributed by atoms with Crippen molar-refractivity contribution < 1.29 is 22.3 Å². The number of piperazine rings is 1. The number of anilines is 1. The van der Waals surface area contributed by atoms with E-state index in [2.05, 4.69) is 9.62 Å². The predicted molar refractivity (Wildman–Crippen MR) is 137 cm³/mol. The molecule has 1 N–H and O–H groups in total. The van der Waals surface area contributed by atoms with Gasteiger partial charge in [-0.1, -0.05) is 41.9 Å². The van der Waals surface area contributed by atoms with Crippen LogP contribution in [0.4, 0.5) is 10.1 Å². The van der Waals surface area contributed by atoms with Crippen LogP contribution in [-0.4, -0.2) is 58.6 Å². The summed E-state index contributed by atoms with van der Waals surface area (Å²) in [6.45, 7) is 1.93. The van der Waals surface area contributed by atoms with Gasteiger partial charge >= 0.3 is 0 Å². The van der Waals surface area contributed by atoms with Gasteiger partial charge < -0.3 is 14.5 Å². The summed E-state index contributed by atoms with van der Waals surface area (Å²) < 4.78 is 47.4. The molecule has 0 bridgehead atoms. The Morgan fingerprint density at radius 2 is 1.69 bits per heavy atom. The van der Waals surface area contributed by atoms with Crippen LogP contribution in [0.25, 0.3) is 0 Å². The highest BCUT2D eigenvalue weighted by Crippen LogP contribution is 2.27. The van der Waals surface area contributed by atoms with Crippen LogP contribution in [0, 0.1) is 5.82 Å². The zero-order valence-electron chi connectivity index (χ0n) is 19.7. The number of carbonyl (C=O) groups is 1. The number of ether oxygens (including phenoxy) is 1. The number of methoxy groups -OCH3 is 1. The number of amides is 1. The summed E-state index contributed by atoms with van der Waals surface area (Å²) in [6.07, 6.45) is 0.195. The predicted octanol–water partition coefficient (Wildman–Crippen LogP) is 3.73. The fourth-order valence-electron chi connectivity index (χ4n) is 4.16. The van der Waals surface area contributed by atoms with E-state index in [9.17, 15) is 17.6 Å². The van der Waals surface area contributed by atoms with E-state index in [4.69, 9.17) is 16.3 Å². The largest absolute Gasteiger partial charge is 0.495 e. The van der Waals surface area contributed by atoms with Gasteiger partial charge in [0.1, 0.15) is 17.6 Å². The van der Waals surface area contributed by atoms with Gasteiger partial charge in [-0.15, -0.1) is 0 Å². The molecule has 0 saturated carbocycles. The summed E-state index contributed by atoms with van der Waals surface area (Å²) in [7, 11) is -2.61. The normalized spacial score (nSPS) is 15.0. The van der Waals surface area contributed by atoms with E-state index in [0.29, 0.717) is 31.9 Å². The average molecular weight is 532 g/mol. The van der Waals surface area contributed by atoms with Crippen LogP contribution in [0.5, 0.6) is 5.75 Å². The first-order valence-corrected chi connectivity index (χ1v) is 13.3. The quantitative estimate of drug-likeness (QED) is 0.479. The summed E-state index contributed by atoms with van der Waals surface area (Å²) in [5.41, 5.74) is 1.71. The number of rotatable bonds is 8. The van der Waals surface area contributed by atoms with Gasteiger partial charge in [-0.25, -0.2) is 12.8 Å². The lowest BCUT2D eigenvalue weighted by Gasteiger charge is -2.37. The summed E-state index contributed by atoms with van der Waals surface area (Å²) in [5.74, 6) is -0.255. The number of benzene rings is 3. The Morgan fingerprint density at radius 1 is 1.03 bits per heavy atom. The second-order valence-corrected chi connectivity index (χ2v) is 10.6. The first-order chi connectivity index (χ1) is 17.3. The third kappa shape index (κ3) is 6.16. The van der Waals surface area contributed by atoms with Crippen molar-refractivity contribution in [2.75, 3.05) is 38.2 Å². The third-order valence-corrected chi connectivity index (χ3v) is 7.86. The van der Waals surface area contributed by atoms with E-state index in [1.54, 1.807) is 17.0 Å². The van der Waals surface area contributed by atoms with Crippen LogP contribution in [0.1, 0.15) is 5.56 Å². The SMILES string of the molecule is COc1ccc(S(=O)(=O)NC(Cc2ccccc2)C(=O)N2CCN(c3ccc(F)cc3)CC2)cc1Cl. The van der Waals surface area contributed by atoms with Crippen molar-refractivity contribution >= 4 is 33.2 Å². The van der Waals surface area contributed by atoms with Crippen molar-refractivity contribution in [1.82, 2.24) is 9.62 Å². The summed E-state index contributed by atoms with van der Waals surface area (Å²) >= 11 is 6.14. The lowest BCUT2D eigenvalue weighted by atomic mass is 10.1. The molecule has 36 heavy (non-hydrogen) atoms. The number of halogens is 2. The maximum Gasteiger partial charge on any atom is 0.241 e. The van der Waals surface area contributed by atoms with Crippen molar-refractivity contribution in [3.8, 4) is 5.75 Å². The molecule has 0 aliphatic carbocycles. The highest BCUT2D eigenvalue weighted by atomic mass is 35.5. The van der Waals surface area contributed by atoms with Crippen molar-refractivity contribution in [3.05, 3.63) is 89.2 Å². The third-order valence-electron chi connectivity index (χ3n) is 6.09. The molecule has 10 heteroatoms. The van der Waals surface area contributed by atoms with Crippen LogP contribution in [0.15, 0.2) is 77.7 Å². The number of nitrogens with one attached hydrogen (secondary N) is 1. The molecule has 4 rings (SSSR count). The standard InChI is InChI=1S/C26H27ClFN3O4S/c1-35-25-12-11-22(18-23(25)27)36(33,34)29-24(17-19-5-3-2-4-6-19)26(32)31-15-13-30(14-16-31)21-9-7-20(28)8-10-21/h2-12,18,24,29H,13-17H2,1H3. The molecule has 3 aromatic rings. The lowest BCUT2D eigenvalue weighted by Crippen LogP contribution is -2.55. The molecule has 1 saturated heterocycles. The Hall–Kier alpha value is -3.14. The lowest BCUT2D eigenvalue weighted by molar-refractivity contribution is -0.133. The van der Waals surface area contributed by atoms with Crippen molar-refractivity contribution in [3.63, 3.8) is 0 Å². The molecule has 7 nitrogen and oxygen atoms in total. The van der Waals surface area contributed by atoms with Gasteiger partial charge in [-0.2, -0.15) is 4.72 Å². The van der Waals surface area contributed by atoms with Crippen LogP contribution in [0.2, 0.25) is 5.02 Å². The molecule has 1 aliphatic rings. The minimum atomic E-state index is -4.05. The molecule has 1 unspecified atom stereocenters. The van der Waals surface area contributed by atoms with Crippen molar-refractivity contribution in [2.24, 2.45) is 0 Å². The van der Waals surface area contributed by atoms with E-state index in [-0.39, 0.29) is 28.1 Å². The van der Waals surface area contributed by atoms with E-state index < -0.39 is 16.1 Å². The maximum absolute atomic E-state index is 13.6. The Labute approximate surface area is 215 Å². The minimum absolute atomic E-state index is 0.0553. The number of hydrogen-bond acceptors (Lipinski definition) is 5. The molecule has 3 aromatic carbocycles. The first-order valence-electron chi connectivity index (χ1n) is 11.5. The van der Waals surface area contributed by atoms with Crippen LogP contribution in [0.3, 0.4) is 0 Å². The Bertz CT molecular complexity index is 1300. The number of hydrogen-bond donors (Lipinski definition) is 1. The number of nitrogens with zero attached hydrogens (tertiary/aromatic N) is 2. The van der Waals surface area contributed by atoms with Crippen LogP contribution >= 0.6 is 11.6 Å². The molecule has 1 amide bonds. The zero-order valence-corrected chi connectivity index (χ0v) is 21.3. The van der Waals surface area contributed by atoms with Crippen LogP contribution < -0.4 is 14.4 Å². The zero-order chi connectivity index (χ0) is 25.7. The van der Waals surface area contributed by atoms with Gasteiger partial charge in [-0.05, 0) is 54.4 Å². The average Bonchev–Trinajstić information content (AvgIpc) is 2.89. The van der Waals surface area contributed by atoms with E-state index in [0.717, 1.165) is 11.3 Å². The molecule has 1 aliphatic heterocycles. The summed E-state index contributed by atoms with van der Waals surface area (Å²) in [5, 5.41) is 0.156. The smallest absolute Gasteiger partial charge is 0.241 e. The first kappa shape index (κ1) is 25.9. The molecule has 190 valence electrons. The number of carbonyl (C=O) groups excluding carboxylic acids is 1. The molecular formula is C26H27ClFN3O4S. The van der Waals surface area contributed by atoms with Gasteiger partial charge in [0.2, 0.25) is 15.9 Å². The van der Waals surface area contributed by atoms with E-state index in [1.807, 2.05) is 30.3 Å². The van der Waals surface area contributed by atoms with Crippen molar-refractivity contribution in [1.29, 1.82) is 0 Å². The molecule has 0 aromatic heterocycles. The maximum atomic E-state index is 13.6. The monoisotopic (exact) mass is 531 g/mol. The second-order valence-electron chi connectivity index (χ2n) is 8.45. The fourth-order valence-corrected chi connectivity index (χ4v) is 5.69. The fraction of sp³-hybridized carbons (Fsp3) is 0.269. The Balaban J connectivity index is 1.52. The molecule has 1 atom stereocenters. The van der Waals surface area contributed by atoms with Crippen LogP contribution in [-0.2, 0) is 21.2 Å². The van der Waals surface area contributed by atoms with Gasteiger partial charge in [0.05, 0.1) is 17.0 Å². The van der Waals surface area contributed by atoms with Gasteiger partial charge in [0.25, 0.3) is 0 Å². The molecule has 1 fully saturated rings. The van der Waals surface area contributed by atoms with Crippen molar-refractivity contribution in [2.45, 2.75) is 17.4 Å². The van der Waals surface area contributed by atoms with Gasteiger partial charge in [-0.3, -0.25) is 4.79 Å². The van der Waals surface area contributed by atoms with Gasteiger partial charge in [0, 0.05) is 31.9 Å². The second kappa shape index (κ2) is 11.3. The Kier molecular flexibility index (Phi) is 8.13. The summed E-state index contributed by atoms with van der Waals surface area (Å²) in [6, 6.07) is 18.6.